The molecular formula is C109H176N16O9S2. The Balaban J connectivity index is 0.000000195. The van der Waals surface area contributed by atoms with Crippen molar-refractivity contribution in [1.82, 2.24) is 78.6 Å². The smallest absolute Gasteiger partial charge is 0.292 e. The van der Waals surface area contributed by atoms with Crippen LogP contribution in [0.1, 0.15) is 549 Å². The topological polar surface area (TPSA) is 269 Å². The van der Waals surface area contributed by atoms with Crippen molar-refractivity contribution in [2.45, 2.75) is 511 Å². The van der Waals surface area contributed by atoms with Gasteiger partial charge >= 0.3 is 0 Å². The first-order valence-corrected chi connectivity index (χ1v) is 51.8. The normalized spacial score (nSPS) is 19.5. The van der Waals surface area contributed by atoms with Crippen LogP contribution in [-0.4, -0.2) is 184 Å². The zero-order valence-electron chi connectivity index (χ0n) is 94.2. The Bertz CT molecular complexity index is 5460. The van der Waals surface area contributed by atoms with Crippen molar-refractivity contribution in [2.75, 3.05) is 0 Å². The minimum atomic E-state index is -0.320. The molecule has 7 aromatic rings. The van der Waals surface area contributed by atoms with Crippen molar-refractivity contribution in [3.05, 3.63) is 128 Å². The molecule has 0 aliphatic carbocycles. The second-order valence-corrected chi connectivity index (χ2v) is 50.7. The standard InChI is InChI=1S/C20H32N2O.C17H29N3O.2C16H26N2O2.C14H23N3O.2C13H20N2OS/c1-11(2)15-13(5)16-17(21-14(15)6)19(7,8)20(9,10)22(12(3)4)18(16)23;1-10(2)14-18-12-13(19(14)9)16(5,6)17(7,8)20(11(3)4)15(12)21;1-9(2)13-17-12-11(20-13)14(19)18(10(3)4)16(7,8)15(12,5)6;1-9(2)13-17-11-12(20-13)15(5,6)16(7,8)18(10(3)4)14(11)19;1-8(2)16-13(18)12-11(14(16,6)7)10(5)17(15-12)9(3)4;1-7(2)11-14-10-9(17-11)12(16)15(8(3)4)13(10,5)6;1-7(2)11-14-9-10(17-11)13(5,6)15(8(3)4)12(9)16/h11-12H,1-10H3;10-11H,1-9H3;2*9-10H,1-8H3;8-9H,1-7H3;2*7-8H,1-6H3. The van der Waals surface area contributed by atoms with Crippen molar-refractivity contribution < 1.29 is 42.4 Å². The number of fused-ring (bicyclic) bond motifs is 7. The Labute approximate surface area is 826 Å². The molecule has 0 saturated carbocycles. The number of hydrogen-bond acceptors (Lipinski definition) is 18. The van der Waals surface area contributed by atoms with Gasteiger partial charge in [-0.15, -0.1) is 22.7 Å². The molecule has 0 fully saturated rings. The lowest BCUT2D eigenvalue weighted by molar-refractivity contribution is 0.00702. The Kier molecular flexibility index (Phi) is 32.0. The third kappa shape index (κ3) is 18.6. The van der Waals surface area contributed by atoms with Gasteiger partial charge < -0.3 is 47.7 Å². The maximum atomic E-state index is 13.4. The number of nitrogens with zero attached hydrogens (tertiary/aromatic N) is 16. The van der Waals surface area contributed by atoms with E-state index in [1.807, 2.05) is 101 Å². The Morgan fingerprint density at radius 2 is 0.706 bits per heavy atom. The number of imidazole rings is 1. The van der Waals surface area contributed by atoms with E-state index in [0.29, 0.717) is 64.0 Å². The molecule has 0 aromatic carbocycles. The third-order valence-corrected chi connectivity index (χ3v) is 34.1. The summed E-state index contributed by atoms with van der Waals surface area (Å²) < 4.78 is 15.8. The molecule has 14 heterocycles. The summed E-state index contributed by atoms with van der Waals surface area (Å²) in [6.45, 7) is 112. The molecule has 0 spiro atoms. The number of aryl methyl sites for hydroxylation is 1. The van der Waals surface area contributed by atoms with E-state index in [1.54, 1.807) is 22.7 Å². The number of carbonyl (C=O) groups is 7. The molecule has 7 aromatic heterocycles. The second kappa shape index (κ2) is 38.5. The maximum absolute atomic E-state index is 13.4. The molecule has 0 N–H and O–H groups in total. The predicted molar refractivity (Wildman–Crippen MR) is 553 cm³/mol. The highest BCUT2D eigenvalue weighted by Gasteiger charge is 2.60. The molecular weight excluding hydrogens is 1740 g/mol. The van der Waals surface area contributed by atoms with Crippen LogP contribution in [0.15, 0.2) is 8.83 Å². The number of thiazole rings is 2. The van der Waals surface area contributed by atoms with Crippen molar-refractivity contribution in [3.8, 4) is 0 Å². The molecule has 0 atom stereocenters. The van der Waals surface area contributed by atoms with E-state index in [4.69, 9.17) is 18.8 Å². The van der Waals surface area contributed by atoms with E-state index in [1.165, 1.54) is 5.56 Å². The monoisotopic (exact) mass is 1920 g/mol. The molecule has 0 saturated heterocycles. The van der Waals surface area contributed by atoms with Crippen LogP contribution in [0.5, 0.6) is 0 Å². The fourth-order valence-electron chi connectivity index (χ4n) is 22.3. The number of amides is 7. The third-order valence-electron chi connectivity index (χ3n) is 31.1. The van der Waals surface area contributed by atoms with Crippen LogP contribution in [0.25, 0.3) is 0 Å². The average Bonchev–Trinajstić information content (AvgIpc) is 1.70. The first kappa shape index (κ1) is 113. The first-order valence-electron chi connectivity index (χ1n) is 50.1. The lowest BCUT2D eigenvalue weighted by Gasteiger charge is -2.55. The molecule has 0 radical (unpaired) electrons. The van der Waals surface area contributed by atoms with Crippen LogP contribution < -0.4 is 0 Å². The van der Waals surface area contributed by atoms with Gasteiger partial charge in [-0.3, -0.25) is 43.2 Å². The van der Waals surface area contributed by atoms with Gasteiger partial charge in [0.15, 0.2) is 28.9 Å². The average molecular weight is 1920 g/mol. The minimum absolute atomic E-state index is 0.0185. The van der Waals surface area contributed by atoms with E-state index < -0.39 is 0 Å². The van der Waals surface area contributed by atoms with Gasteiger partial charge in [-0.2, -0.15) is 5.10 Å². The van der Waals surface area contributed by atoms with Gasteiger partial charge in [-0.1, -0.05) is 138 Å². The summed E-state index contributed by atoms with van der Waals surface area (Å²) in [6.07, 6.45) is 0. The van der Waals surface area contributed by atoms with Gasteiger partial charge in [0.25, 0.3) is 41.4 Å². The summed E-state index contributed by atoms with van der Waals surface area (Å²) in [6, 6.07) is 1.46. The van der Waals surface area contributed by atoms with Gasteiger partial charge in [-0.25, -0.2) is 24.9 Å². The Morgan fingerprint density at radius 1 is 0.316 bits per heavy atom. The zero-order valence-corrected chi connectivity index (χ0v) is 95.9. The molecule has 7 aliphatic heterocycles. The molecule has 758 valence electrons. The van der Waals surface area contributed by atoms with E-state index in [0.717, 1.165) is 82.2 Å². The molecule has 7 aliphatic rings. The van der Waals surface area contributed by atoms with Crippen LogP contribution in [0, 0.1) is 20.8 Å². The summed E-state index contributed by atoms with van der Waals surface area (Å²) in [5, 5.41) is 6.66. The van der Waals surface area contributed by atoms with Gasteiger partial charge in [0.2, 0.25) is 5.76 Å². The molecule has 136 heavy (non-hydrogen) atoms. The quantitative estimate of drug-likeness (QED) is 0.0979. The van der Waals surface area contributed by atoms with Crippen molar-refractivity contribution in [1.29, 1.82) is 0 Å². The number of hydrogen-bond donors (Lipinski definition) is 0. The fraction of sp³-hybridized carbons (Fsp3) is 0.725. The number of carbonyl (C=O) groups excluding carboxylic acids is 7. The summed E-state index contributed by atoms with van der Waals surface area (Å²) in [5.41, 5.74) is 9.85. The Hall–Kier alpha value is -8.46. The van der Waals surface area contributed by atoms with E-state index in [9.17, 15) is 33.6 Å². The van der Waals surface area contributed by atoms with Gasteiger partial charge in [-0.05, 0) is 246 Å². The van der Waals surface area contributed by atoms with Crippen molar-refractivity contribution in [2.24, 2.45) is 7.05 Å². The summed E-state index contributed by atoms with van der Waals surface area (Å²) >= 11 is 3.25. The molecule has 25 nitrogen and oxygen atoms in total. The maximum Gasteiger partial charge on any atom is 0.292 e. The summed E-state index contributed by atoms with van der Waals surface area (Å²) in [7, 11) is 2.04. The predicted octanol–water partition coefficient (Wildman–Crippen LogP) is 25.2. The molecule has 14 rings (SSSR count). The van der Waals surface area contributed by atoms with Crippen molar-refractivity contribution in [3.63, 3.8) is 0 Å². The SMILES string of the molecule is CC(C)c1nc2c(n1C)C(C)(C)C(C)(C)N(C(C)C)C2=O.CC(C)c1nc2c(o1)C(=O)N(C(C)C)C(C)(C)C2(C)C.CC(C)c1nc2c(o1)C(C)(C)C(C)(C)N(C(C)C)C2=O.CC(C)c1nc2c(s1)C(=O)N(C(C)C)C2(C)C.CC(C)c1nc2c(s1)C(C)(C)N(C(C)C)C2=O.Cc1c2c(nn1C(C)C)C(=O)N(C(C)C)C2(C)C.Cc1nc2c(c(C)c1C(C)C)C(=O)N(C(C)C)C(C)(C)C2(C)C. The van der Waals surface area contributed by atoms with Crippen LogP contribution in [0.4, 0.5) is 0 Å². The van der Waals surface area contributed by atoms with Gasteiger partial charge in [0.1, 0.15) is 27.8 Å². The number of oxazole rings is 2. The summed E-state index contributed by atoms with van der Waals surface area (Å²) in [5.74, 6) is 5.68. The number of rotatable bonds is 14. The zero-order chi connectivity index (χ0) is 105. The van der Waals surface area contributed by atoms with E-state index >= 15 is 0 Å². The molecule has 0 unspecified atom stereocenters. The second-order valence-electron chi connectivity index (χ2n) is 48.7. The summed E-state index contributed by atoms with van der Waals surface area (Å²) in [4.78, 5) is 133. The lowest BCUT2D eigenvalue weighted by Crippen LogP contribution is -2.64. The first-order chi connectivity index (χ1) is 61.5. The highest BCUT2D eigenvalue weighted by molar-refractivity contribution is 7.14. The minimum Gasteiger partial charge on any atom is -0.444 e. The van der Waals surface area contributed by atoms with Crippen LogP contribution >= 0.6 is 22.7 Å². The largest absolute Gasteiger partial charge is 0.444 e. The Morgan fingerprint density at radius 3 is 1.12 bits per heavy atom. The molecule has 0 bridgehead atoms. The highest BCUT2D eigenvalue weighted by atomic mass is 32.1. The highest BCUT2D eigenvalue weighted by Crippen LogP contribution is 2.54. The number of pyridine rings is 1. The van der Waals surface area contributed by atoms with Crippen molar-refractivity contribution >= 4 is 64.0 Å². The van der Waals surface area contributed by atoms with Gasteiger partial charge in [0.05, 0.1) is 59.7 Å². The molecule has 7 amide bonds. The number of aromatic nitrogens is 9. The van der Waals surface area contributed by atoms with Crippen LogP contribution in [0.3, 0.4) is 0 Å². The fourth-order valence-corrected chi connectivity index (χ4v) is 24.6. The lowest BCUT2D eigenvalue weighted by atomic mass is 9.65. The van der Waals surface area contributed by atoms with E-state index in [-0.39, 0.29) is 162 Å². The van der Waals surface area contributed by atoms with Gasteiger partial charge in [0, 0.05) is 140 Å². The molecule has 27 heteroatoms. The van der Waals surface area contributed by atoms with Crippen LogP contribution in [-0.2, 0) is 45.3 Å². The van der Waals surface area contributed by atoms with E-state index in [2.05, 4.69) is 341 Å². The van der Waals surface area contributed by atoms with Crippen LogP contribution in [0.2, 0.25) is 0 Å².